The molecule has 0 bridgehead atoms. The van der Waals surface area contributed by atoms with Gasteiger partial charge in [-0.15, -0.1) is 6.42 Å². The summed E-state index contributed by atoms with van der Waals surface area (Å²) in [4.78, 5) is 23.3. The molecule has 58 heavy (non-hydrogen) atoms. The maximum Gasteiger partial charge on any atom is 0.422 e. The van der Waals surface area contributed by atoms with Gasteiger partial charge in [-0.3, -0.25) is 4.98 Å². The van der Waals surface area contributed by atoms with E-state index >= 15 is 0 Å². The Morgan fingerprint density at radius 1 is 1.00 bits per heavy atom. The fourth-order valence-corrected chi connectivity index (χ4v) is 9.45. The fraction of sp³-hybridized carbons (Fsp3) is 0.605. The van der Waals surface area contributed by atoms with E-state index in [4.69, 9.17) is 46.7 Å². The number of carbonyl (C=O) groups excluding carboxylic acids is 1. The van der Waals surface area contributed by atoms with E-state index in [2.05, 4.69) is 10.9 Å². The average Bonchev–Trinajstić information content (AvgIpc) is 3.60. The Hall–Kier alpha value is -3.58. The van der Waals surface area contributed by atoms with Crippen molar-refractivity contribution in [3.05, 3.63) is 53.1 Å². The molecule has 0 saturated carbocycles. The van der Waals surface area contributed by atoms with Crippen LogP contribution < -0.4 is 9.62 Å². The molecule has 0 radical (unpaired) electrons. The number of anilines is 1. The highest BCUT2D eigenvalue weighted by molar-refractivity contribution is 7.91. The number of hydrogen-bond acceptors (Lipinski definition) is 14. The summed E-state index contributed by atoms with van der Waals surface area (Å²) < 4.78 is 83.9. The van der Waals surface area contributed by atoms with Crippen molar-refractivity contribution < 1.29 is 50.4 Å². The smallest absolute Gasteiger partial charge is 0.422 e. The van der Waals surface area contributed by atoms with Crippen LogP contribution in [0.2, 0.25) is 5.02 Å². The molecule has 1 unspecified atom stereocenters. The lowest BCUT2D eigenvalue weighted by atomic mass is 9.73. The highest BCUT2D eigenvalue weighted by Gasteiger charge is 2.53. The minimum absolute atomic E-state index is 0.0378. The molecule has 1 atom stereocenters. The maximum atomic E-state index is 13.1. The van der Waals surface area contributed by atoms with Crippen molar-refractivity contribution >= 4 is 54.5 Å². The number of halogens is 1. The van der Waals surface area contributed by atoms with Gasteiger partial charge in [0.25, 0.3) is 0 Å². The number of ether oxygens (including phenoxy) is 5. The van der Waals surface area contributed by atoms with Crippen molar-refractivity contribution in [1.82, 2.24) is 23.6 Å². The van der Waals surface area contributed by atoms with Gasteiger partial charge >= 0.3 is 16.3 Å². The van der Waals surface area contributed by atoms with Gasteiger partial charge in [0.1, 0.15) is 24.3 Å². The number of amides is 1. The molecule has 1 saturated heterocycles. The molecule has 2 N–H and O–H groups in total. The van der Waals surface area contributed by atoms with Gasteiger partial charge in [-0.05, 0) is 69.9 Å². The minimum Gasteiger partial charge on any atom is -0.443 e. The van der Waals surface area contributed by atoms with Crippen LogP contribution in [-0.4, -0.2) is 136 Å². The van der Waals surface area contributed by atoms with Crippen LogP contribution in [0.15, 0.2) is 36.7 Å². The van der Waals surface area contributed by atoms with Crippen LogP contribution in [-0.2, 0) is 62.2 Å². The molecular formula is C38H53ClN6O11S2. The SMILES string of the molecule is C#CCOCCOCCOCCOCCS(=O)(=O)CCCn1c(CN2c3cnccc3C3(CCN(S(=O)(=O)NC(=O)OC(C)(C)C)CC3)C2O)nc2cc(Cl)ccc21. The molecule has 1 amide bonds. The van der Waals surface area contributed by atoms with Crippen molar-refractivity contribution in [3.63, 3.8) is 0 Å². The lowest BCUT2D eigenvalue weighted by Crippen LogP contribution is -2.55. The Bertz CT molecular complexity index is 2110. The number of benzene rings is 1. The van der Waals surface area contributed by atoms with Crippen LogP contribution in [0, 0.1) is 12.3 Å². The van der Waals surface area contributed by atoms with Gasteiger partial charge < -0.3 is 38.3 Å². The molecular weight excluding hydrogens is 816 g/mol. The molecule has 2 aliphatic heterocycles. The summed E-state index contributed by atoms with van der Waals surface area (Å²) in [5.41, 5.74) is 1.16. The van der Waals surface area contributed by atoms with E-state index in [9.17, 15) is 26.7 Å². The zero-order valence-corrected chi connectivity index (χ0v) is 35.5. The molecule has 0 aliphatic carbocycles. The van der Waals surface area contributed by atoms with Crippen molar-refractivity contribution in [2.75, 3.05) is 82.4 Å². The number of aromatic nitrogens is 3. The number of sulfone groups is 1. The van der Waals surface area contributed by atoms with Crippen molar-refractivity contribution in [1.29, 1.82) is 0 Å². The van der Waals surface area contributed by atoms with Crippen LogP contribution in [0.5, 0.6) is 0 Å². The van der Waals surface area contributed by atoms with E-state index in [1.807, 2.05) is 21.4 Å². The van der Waals surface area contributed by atoms with Gasteiger partial charge in [0, 0.05) is 36.3 Å². The normalized spacial score (nSPS) is 17.1. The Kier molecular flexibility index (Phi) is 15.8. The number of nitrogens with zero attached hydrogens (tertiary/aromatic N) is 5. The third kappa shape index (κ3) is 12.0. The minimum atomic E-state index is -4.21. The van der Waals surface area contributed by atoms with Crippen LogP contribution in [0.3, 0.4) is 0 Å². The second kappa shape index (κ2) is 20.1. The molecule has 1 aromatic carbocycles. The Labute approximate surface area is 345 Å². The van der Waals surface area contributed by atoms with Gasteiger partial charge in [-0.25, -0.2) is 22.9 Å². The third-order valence-corrected chi connectivity index (χ3v) is 13.2. The van der Waals surface area contributed by atoms with Crippen LogP contribution in [0.4, 0.5) is 10.5 Å². The van der Waals surface area contributed by atoms with E-state index in [0.717, 1.165) is 11.1 Å². The Balaban J connectivity index is 1.18. The zero-order chi connectivity index (χ0) is 42.0. The topological polar surface area (TPSA) is 201 Å². The molecule has 1 fully saturated rings. The summed E-state index contributed by atoms with van der Waals surface area (Å²) in [6.07, 6.45) is 7.10. The molecule has 2 aliphatic rings. The van der Waals surface area contributed by atoms with Crippen molar-refractivity contribution in [2.24, 2.45) is 0 Å². The van der Waals surface area contributed by atoms with Gasteiger partial charge in [0.05, 0.1) is 87.2 Å². The summed E-state index contributed by atoms with van der Waals surface area (Å²) in [6, 6.07) is 7.15. The molecule has 20 heteroatoms. The second-order valence-electron chi connectivity index (χ2n) is 15.0. The highest BCUT2D eigenvalue weighted by atomic mass is 35.5. The number of nitrogens with one attached hydrogen (secondary N) is 1. The first-order valence-electron chi connectivity index (χ1n) is 19.0. The Morgan fingerprint density at radius 2 is 1.66 bits per heavy atom. The molecule has 2 aromatic heterocycles. The number of imidazole rings is 1. The predicted molar refractivity (Wildman–Crippen MR) is 217 cm³/mol. The number of aliphatic hydroxyl groups is 1. The van der Waals surface area contributed by atoms with Crippen molar-refractivity contribution in [3.8, 4) is 12.3 Å². The zero-order valence-electron chi connectivity index (χ0n) is 33.1. The summed E-state index contributed by atoms with van der Waals surface area (Å²) >= 11 is 6.33. The van der Waals surface area contributed by atoms with Crippen LogP contribution >= 0.6 is 11.6 Å². The first kappa shape index (κ1) is 45.5. The number of rotatable bonds is 21. The summed E-state index contributed by atoms with van der Waals surface area (Å²) in [5.74, 6) is 2.74. The maximum absolute atomic E-state index is 13.1. The summed E-state index contributed by atoms with van der Waals surface area (Å²) in [6.45, 7) is 7.88. The molecule has 1 spiro atoms. The van der Waals surface area contributed by atoms with Crippen LogP contribution in [0.25, 0.3) is 11.0 Å². The molecule has 5 rings (SSSR count). The van der Waals surface area contributed by atoms with E-state index < -0.39 is 43.4 Å². The lowest BCUT2D eigenvalue weighted by Gasteiger charge is -2.42. The van der Waals surface area contributed by atoms with E-state index in [-0.39, 0.29) is 63.8 Å². The molecule has 320 valence electrons. The lowest BCUT2D eigenvalue weighted by molar-refractivity contribution is 0.00302. The fourth-order valence-electron chi connectivity index (χ4n) is 7.10. The number of fused-ring (bicyclic) bond motifs is 3. The average molecular weight is 869 g/mol. The highest BCUT2D eigenvalue weighted by Crippen LogP contribution is 2.50. The number of hydrogen-bond donors (Lipinski definition) is 2. The number of pyridine rings is 1. The third-order valence-electron chi connectivity index (χ3n) is 9.78. The summed E-state index contributed by atoms with van der Waals surface area (Å²) in [5, 5.41) is 12.6. The van der Waals surface area contributed by atoms with E-state index in [0.29, 0.717) is 68.1 Å². The number of aliphatic hydroxyl groups excluding tert-OH is 1. The van der Waals surface area contributed by atoms with Gasteiger partial charge in [-0.1, -0.05) is 17.5 Å². The van der Waals surface area contributed by atoms with Gasteiger partial charge in [0.2, 0.25) is 0 Å². The van der Waals surface area contributed by atoms with Gasteiger partial charge in [0.15, 0.2) is 9.84 Å². The predicted octanol–water partition coefficient (Wildman–Crippen LogP) is 3.03. The quantitative estimate of drug-likeness (QED) is 0.117. The monoisotopic (exact) mass is 868 g/mol. The number of piperidine rings is 1. The standard InChI is InChI=1S/C38H53ClN6O11S2/c1-5-16-52-17-18-53-19-20-54-21-22-55-23-25-57(48,49)24-6-13-44-32-8-7-29(39)26-31(32)41-34(44)28-45-33-27-40-12-9-30(33)38(35(45)46)10-14-43(15-11-38)58(50,51)42-36(47)56-37(2,3)4/h1,7-9,12,26-27,35,46H,6,10-11,13-25,28H2,2-4H3,(H,42,47). The van der Waals surface area contributed by atoms with Crippen LogP contribution in [0.1, 0.15) is 51.4 Å². The van der Waals surface area contributed by atoms with Crippen molar-refractivity contribution in [2.45, 2.75) is 70.4 Å². The number of terminal acetylenes is 1. The number of aryl methyl sites for hydroxylation is 1. The Morgan fingerprint density at radius 3 is 2.31 bits per heavy atom. The largest absolute Gasteiger partial charge is 0.443 e. The first-order valence-corrected chi connectivity index (χ1v) is 22.7. The number of carbonyl (C=O) groups is 1. The second-order valence-corrected chi connectivity index (χ2v) is 19.4. The molecule has 4 heterocycles. The first-order chi connectivity index (χ1) is 27.6. The summed E-state index contributed by atoms with van der Waals surface area (Å²) in [7, 11) is -7.65. The van der Waals surface area contributed by atoms with E-state index in [1.165, 1.54) is 4.31 Å². The molecule has 17 nitrogen and oxygen atoms in total. The van der Waals surface area contributed by atoms with E-state index in [1.54, 1.807) is 50.2 Å². The molecule has 3 aromatic rings. The van der Waals surface area contributed by atoms with Gasteiger partial charge in [-0.2, -0.15) is 12.7 Å².